The number of thiol groups is 1. The number of rotatable bonds is 13. The molecule has 0 heterocycles. The summed E-state index contributed by atoms with van der Waals surface area (Å²) in [7, 11) is 0. The van der Waals surface area contributed by atoms with Gasteiger partial charge in [0.05, 0.1) is 12.6 Å². The normalized spacial score (nSPS) is 13.4. The Balaban J connectivity index is 2.68. The van der Waals surface area contributed by atoms with Crippen molar-refractivity contribution in [1.82, 2.24) is 16.0 Å². The zero-order chi connectivity index (χ0) is 23.4. The first-order chi connectivity index (χ1) is 14.6. The highest BCUT2D eigenvalue weighted by molar-refractivity contribution is 7.80. The quantitative estimate of drug-likeness (QED) is 0.166. The monoisotopic (exact) mass is 453 g/mol. The van der Waals surface area contributed by atoms with E-state index in [4.69, 9.17) is 16.6 Å². The third-order valence-electron chi connectivity index (χ3n) is 4.19. The SMILES string of the molecule is NC(=O)CCC(NC(=O)C(N)Cc1ccccc1)C(=O)NCC(=O)NC(CS)C(=O)O. The van der Waals surface area contributed by atoms with Gasteiger partial charge in [-0.1, -0.05) is 30.3 Å². The summed E-state index contributed by atoms with van der Waals surface area (Å²) >= 11 is 3.82. The number of nitrogens with one attached hydrogen (secondary N) is 3. The van der Waals surface area contributed by atoms with Crippen molar-refractivity contribution in [2.45, 2.75) is 37.4 Å². The molecule has 0 fully saturated rings. The van der Waals surface area contributed by atoms with Crippen LogP contribution in [0.1, 0.15) is 18.4 Å². The van der Waals surface area contributed by atoms with Crippen LogP contribution < -0.4 is 27.4 Å². The van der Waals surface area contributed by atoms with Crippen LogP contribution in [-0.4, -0.2) is 65.1 Å². The van der Waals surface area contributed by atoms with Crippen molar-refractivity contribution in [1.29, 1.82) is 0 Å². The number of carbonyl (C=O) groups is 5. The van der Waals surface area contributed by atoms with Crippen molar-refractivity contribution >= 4 is 42.2 Å². The molecule has 170 valence electrons. The topological polar surface area (TPSA) is 194 Å². The number of carbonyl (C=O) groups excluding carboxylic acids is 4. The van der Waals surface area contributed by atoms with Crippen molar-refractivity contribution in [3.8, 4) is 0 Å². The molecule has 1 aromatic rings. The molecule has 4 amide bonds. The van der Waals surface area contributed by atoms with Gasteiger partial charge in [0.2, 0.25) is 23.6 Å². The Labute approximate surface area is 184 Å². The van der Waals surface area contributed by atoms with Gasteiger partial charge in [-0.2, -0.15) is 12.6 Å². The standard InChI is InChI=1S/C19H27N5O6S/c20-12(8-11-4-2-1-3-5-11)17(27)24-13(6-7-15(21)25)18(28)22-9-16(26)23-14(10-31)19(29)30/h1-5,12-14,31H,6-10,20H2,(H2,21,25)(H,22,28)(H,23,26)(H,24,27)(H,29,30). The van der Waals surface area contributed by atoms with Gasteiger partial charge in [-0.3, -0.25) is 19.2 Å². The van der Waals surface area contributed by atoms with Crippen molar-refractivity contribution in [2.24, 2.45) is 11.5 Å². The van der Waals surface area contributed by atoms with Crippen LogP contribution in [0.15, 0.2) is 30.3 Å². The lowest BCUT2D eigenvalue weighted by atomic mass is 10.0. The van der Waals surface area contributed by atoms with E-state index in [9.17, 15) is 24.0 Å². The molecule has 1 aromatic carbocycles. The first-order valence-corrected chi connectivity index (χ1v) is 10.1. The highest BCUT2D eigenvalue weighted by Gasteiger charge is 2.25. The van der Waals surface area contributed by atoms with E-state index in [-0.39, 0.29) is 25.0 Å². The summed E-state index contributed by atoms with van der Waals surface area (Å²) in [5.41, 5.74) is 11.9. The van der Waals surface area contributed by atoms with Crippen molar-refractivity contribution in [2.75, 3.05) is 12.3 Å². The summed E-state index contributed by atoms with van der Waals surface area (Å²) in [6, 6.07) is 5.72. The Kier molecular flexibility index (Phi) is 11.1. The minimum Gasteiger partial charge on any atom is -0.480 e. The van der Waals surface area contributed by atoms with E-state index in [1.54, 1.807) is 24.3 Å². The lowest BCUT2D eigenvalue weighted by Gasteiger charge is -2.20. The fourth-order valence-electron chi connectivity index (χ4n) is 2.52. The summed E-state index contributed by atoms with van der Waals surface area (Å²) < 4.78 is 0. The van der Waals surface area contributed by atoms with E-state index in [1.807, 2.05) is 6.07 Å². The molecule has 3 atom stereocenters. The largest absolute Gasteiger partial charge is 0.480 e. The fourth-order valence-corrected chi connectivity index (χ4v) is 2.76. The number of primary amides is 1. The molecule has 1 rings (SSSR count). The second-order valence-corrected chi connectivity index (χ2v) is 7.09. The summed E-state index contributed by atoms with van der Waals surface area (Å²) in [6.45, 7) is -0.532. The number of benzene rings is 1. The molecule has 0 radical (unpaired) electrons. The smallest absolute Gasteiger partial charge is 0.327 e. The van der Waals surface area contributed by atoms with Crippen LogP contribution in [0, 0.1) is 0 Å². The Morgan fingerprint density at radius 2 is 1.65 bits per heavy atom. The second kappa shape index (κ2) is 13.2. The molecule has 8 N–H and O–H groups in total. The lowest BCUT2D eigenvalue weighted by molar-refractivity contribution is -0.141. The lowest BCUT2D eigenvalue weighted by Crippen LogP contribution is -2.54. The van der Waals surface area contributed by atoms with Gasteiger partial charge in [0.15, 0.2) is 0 Å². The zero-order valence-corrected chi connectivity index (χ0v) is 17.6. The Hall–Kier alpha value is -3.12. The molecule has 11 nitrogen and oxygen atoms in total. The minimum absolute atomic E-state index is 0.0963. The molecule has 0 aliphatic rings. The number of aliphatic carboxylic acids is 1. The van der Waals surface area contributed by atoms with Crippen LogP contribution in [0.2, 0.25) is 0 Å². The first-order valence-electron chi connectivity index (χ1n) is 9.43. The summed E-state index contributed by atoms with van der Waals surface area (Å²) in [5.74, 6) is -4.18. The third kappa shape index (κ3) is 9.96. The molecule has 31 heavy (non-hydrogen) atoms. The minimum atomic E-state index is -1.27. The Bertz CT molecular complexity index is 791. The van der Waals surface area contributed by atoms with Crippen LogP contribution in [-0.2, 0) is 30.4 Å². The van der Waals surface area contributed by atoms with E-state index in [1.165, 1.54) is 0 Å². The molecule has 0 bridgehead atoms. The average Bonchev–Trinajstić information content (AvgIpc) is 2.73. The van der Waals surface area contributed by atoms with E-state index in [0.29, 0.717) is 0 Å². The van der Waals surface area contributed by atoms with Crippen LogP contribution in [0.3, 0.4) is 0 Å². The fraction of sp³-hybridized carbons (Fsp3) is 0.421. The number of hydrogen-bond donors (Lipinski definition) is 7. The van der Waals surface area contributed by atoms with Crippen LogP contribution in [0.25, 0.3) is 0 Å². The molecule has 0 saturated heterocycles. The van der Waals surface area contributed by atoms with Crippen LogP contribution >= 0.6 is 12.6 Å². The maximum Gasteiger partial charge on any atom is 0.327 e. The molecule has 0 spiro atoms. The Morgan fingerprint density at radius 1 is 1.00 bits per heavy atom. The van der Waals surface area contributed by atoms with Crippen LogP contribution in [0.4, 0.5) is 0 Å². The maximum absolute atomic E-state index is 12.4. The van der Waals surface area contributed by atoms with Gasteiger partial charge in [0, 0.05) is 12.2 Å². The molecule has 0 aromatic heterocycles. The maximum atomic E-state index is 12.4. The zero-order valence-electron chi connectivity index (χ0n) is 16.7. The predicted octanol–water partition coefficient (Wildman–Crippen LogP) is -2.08. The van der Waals surface area contributed by atoms with Crippen molar-refractivity contribution < 1.29 is 29.1 Å². The summed E-state index contributed by atoms with van der Waals surface area (Å²) in [4.78, 5) is 58.7. The first kappa shape index (κ1) is 25.9. The van der Waals surface area contributed by atoms with Gasteiger partial charge in [0.25, 0.3) is 0 Å². The van der Waals surface area contributed by atoms with Gasteiger partial charge in [-0.15, -0.1) is 0 Å². The van der Waals surface area contributed by atoms with Gasteiger partial charge in [-0.05, 0) is 18.4 Å². The number of hydrogen-bond acceptors (Lipinski definition) is 7. The molecular formula is C19H27N5O6S. The molecule has 12 heteroatoms. The number of carboxylic acid groups (broad SMARTS) is 1. The molecule has 3 unspecified atom stereocenters. The molecular weight excluding hydrogens is 426 g/mol. The van der Waals surface area contributed by atoms with Crippen LogP contribution in [0.5, 0.6) is 0 Å². The number of amides is 4. The Morgan fingerprint density at radius 3 is 2.19 bits per heavy atom. The molecule has 0 saturated carbocycles. The highest BCUT2D eigenvalue weighted by atomic mass is 32.1. The highest BCUT2D eigenvalue weighted by Crippen LogP contribution is 2.04. The molecule has 0 aliphatic heterocycles. The van der Waals surface area contributed by atoms with Gasteiger partial charge >= 0.3 is 5.97 Å². The molecule has 0 aliphatic carbocycles. The van der Waals surface area contributed by atoms with Gasteiger partial charge in [0.1, 0.15) is 12.1 Å². The number of carboxylic acids is 1. The van der Waals surface area contributed by atoms with Gasteiger partial charge in [-0.25, -0.2) is 4.79 Å². The van der Waals surface area contributed by atoms with E-state index < -0.39 is 54.3 Å². The van der Waals surface area contributed by atoms with E-state index >= 15 is 0 Å². The van der Waals surface area contributed by atoms with Gasteiger partial charge < -0.3 is 32.5 Å². The van der Waals surface area contributed by atoms with Crippen molar-refractivity contribution in [3.63, 3.8) is 0 Å². The van der Waals surface area contributed by atoms with Crippen molar-refractivity contribution in [3.05, 3.63) is 35.9 Å². The number of nitrogens with two attached hydrogens (primary N) is 2. The third-order valence-corrected chi connectivity index (χ3v) is 4.55. The second-order valence-electron chi connectivity index (χ2n) is 6.72. The summed E-state index contributed by atoms with van der Waals surface area (Å²) in [6.07, 6.45) is -0.0419. The van der Waals surface area contributed by atoms with E-state index in [2.05, 4.69) is 28.6 Å². The summed E-state index contributed by atoms with van der Waals surface area (Å²) in [5, 5.41) is 15.9. The predicted molar refractivity (Wildman–Crippen MR) is 115 cm³/mol. The average molecular weight is 454 g/mol. The van der Waals surface area contributed by atoms with E-state index in [0.717, 1.165) is 5.56 Å².